The van der Waals surface area contributed by atoms with Crippen molar-refractivity contribution in [3.05, 3.63) is 30.1 Å². The van der Waals surface area contributed by atoms with Gasteiger partial charge in [-0.15, -0.1) is 11.8 Å². The number of hydrogen-bond donors (Lipinski definition) is 1. The monoisotopic (exact) mass is 161 g/mol. The average molecular weight is 161 g/mol. The van der Waals surface area contributed by atoms with E-state index < -0.39 is 6.10 Å². The summed E-state index contributed by atoms with van der Waals surface area (Å²) < 4.78 is 0. The standard InChI is InChI=1S/C10H11NO/c1-2-3-6-10(12)9-5-4-7-11-8-9/h4-5,7-8,10,12H,6H2,1H3. The van der Waals surface area contributed by atoms with Gasteiger partial charge in [-0.05, 0) is 18.6 Å². The van der Waals surface area contributed by atoms with Crippen molar-refractivity contribution in [2.24, 2.45) is 0 Å². The molecule has 1 rings (SSSR count). The fraction of sp³-hybridized carbons (Fsp3) is 0.300. The Kier molecular flexibility index (Phi) is 3.31. The van der Waals surface area contributed by atoms with Crippen LogP contribution in [0.2, 0.25) is 0 Å². The molecule has 1 aromatic heterocycles. The Morgan fingerprint density at radius 1 is 1.67 bits per heavy atom. The van der Waals surface area contributed by atoms with Crippen molar-refractivity contribution in [1.82, 2.24) is 4.98 Å². The molecule has 0 aliphatic carbocycles. The van der Waals surface area contributed by atoms with Crippen LogP contribution >= 0.6 is 0 Å². The van der Waals surface area contributed by atoms with Crippen molar-refractivity contribution in [2.45, 2.75) is 19.4 Å². The molecule has 0 saturated carbocycles. The molecule has 1 heterocycles. The Hall–Kier alpha value is -1.33. The molecule has 62 valence electrons. The zero-order valence-electron chi connectivity index (χ0n) is 6.99. The second-order valence-corrected chi connectivity index (χ2v) is 2.43. The van der Waals surface area contributed by atoms with Crippen molar-refractivity contribution in [1.29, 1.82) is 0 Å². The molecule has 0 bridgehead atoms. The van der Waals surface area contributed by atoms with Crippen LogP contribution in [0.4, 0.5) is 0 Å². The van der Waals surface area contributed by atoms with E-state index in [1.54, 1.807) is 25.4 Å². The Morgan fingerprint density at radius 2 is 2.50 bits per heavy atom. The molecule has 0 aliphatic heterocycles. The lowest BCUT2D eigenvalue weighted by Crippen LogP contribution is -1.95. The molecule has 2 heteroatoms. The first-order valence-electron chi connectivity index (χ1n) is 3.82. The highest BCUT2D eigenvalue weighted by Gasteiger charge is 2.03. The van der Waals surface area contributed by atoms with E-state index in [0.29, 0.717) is 6.42 Å². The van der Waals surface area contributed by atoms with Gasteiger partial charge in [-0.3, -0.25) is 4.98 Å². The van der Waals surface area contributed by atoms with E-state index in [4.69, 9.17) is 0 Å². The predicted octanol–water partition coefficient (Wildman–Crippen LogP) is 1.53. The topological polar surface area (TPSA) is 33.1 Å². The molecular weight excluding hydrogens is 150 g/mol. The van der Waals surface area contributed by atoms with Gasteiger partial charge in [0.25, 0.3) is 0 Å². The minimum atomic E-state index is -0.508. The molecule has 0 amide bonds. The number of pyridine rings is 1. The van der Waals surface area contributed by atoms with E-state index >= 15 is 0 Å². The fourth-order valence-electron chi connectivity index (χ4n) is 0.890. The van der Waals surface area contributed by atoms with Gasteiger partial charge in [0.05, 0.1) is 6.10 Å². The summed E-state index contributed by atoms with van der Waals surface area (Å²) in [6.45, 7) is 1.76. The molecule has 0 fully saturated rings. The van der Waals surface area contributed by atoms with Crippen molar-refractivity contribution in [3.63, 3.8) is 0 Å². The molecule has 0 spiro atoms. The van der Waals surface area contributed by atoms with E-state index in [2.05, 4.69) is 16.8 Å². The maximum atomic E-state index is 9.51. The normalized spacial score (nSPS) is 11.5. The molecule has 0 saturated heterocycles. The lowest BCUT2D eigenvalue weighted by molar-refractivity contribution is 0.183. The van der Waals surface area contributed by atoms with Gasteiger partial charge in [0.1, 0.15) is 0 Å². The first-order chi connectivity index (χ1) is 5.84. The second-order valence-electron chi connectivity index (χ2n) is 2.43. The summed E-state index contributed by atoms with van der Waals surface area (Å²) >= 11 is 0. The smallest absolute Gasteiger partial charge is 0.0914 e. The molecule has 0 aliphatic rings. The van der Waals surface area contributed by atoms with Crippen molar-refractivity contribution < 1.29 is 5.11 Å². The van der Waals surface area contributed by atoms with Crippen molar-refractivity contribution in [3.8, 4) is 11.8 Å². The summed E-state index contributed by atoms with van der Waals surface area (Å²) in [7, 11) is 0. The van der Waals surface area contributed by atoms with Gasteiger partial charge in [0, 0.05) is 18.8 Å². The quantitative estimate of drug-likeness (QED) is 0.667. The van der Waals surface area contributed by atoms with Gasteiger partial charge in [0.15, 0.2) is 0 Å². The summed E-state index contributed by atoms with van der Waals surface area (Å²) in [5.41, 5.74) is 0.820. The van der Waals surface area contributed by atoms with Gasteiger partial charge in [-0.1, -0.05) is 6.07 Å². The molecule has 1 unspecified atom stereocenters. The zero-order chi connectivity index (χ0) is 8.81. The zero-order valence-corrected chi connectivity index (χ0v) is 6.99. The minimum Gasteiger partial charge on any atom is -0.387 e. The maximum absolute atomic E-state index is 9.51. The lowest BCUT2D eigenvalue weighted by atomic mass is 10.1. The summed E-state index contributed by atoms with van der Waals surface area (Å²) in [4.78, 5) is 3.91. The van der Waals surface area contributed by atoms with E-state index in [0.717, 1.165) is 5.56 Å². The highest BCUT2D eigenvalue weighted by molar-refractivity contribution is 5.14. The number of nitrogens with zero attached hydrogens (tertiary/aromatic N) is 1. The third kappa shape index (κ3) is 2.37. The van der Waals surface area contributed by atoms with Crippen LogP contribution in [-0.2, 0) is 0 Å². The van der Waals surface area contributed by atoms with E-state index in [1.807, 2.05) is 6.07 Å². The number of rotatable bonds is 2. The highest BCUT2D eigenvalue weighted by atomic mass is 16.3. The Labute approximate surface area is 72.3 Å². The SMILES string of the molecule is CC#CCC(O)c1cccnc1. The molecule has 1 aromatic rings. The number of aliphatic hydroxyl groups excluding tert-OH is 1. The fourth-order valence-corrected chi connectivity index (χ4v) is 0.890. The first-order valence-corrected chi connectivity index (χ1v) is 3.82. The van der Waals surface area contributed by atoms with Gasteiger partial charge in [-0.2, -0.15) is 0 Å². The van der Waals surface area contributed by atoms with Crippen LogP contribution in [0.1, 0.15) is 25.0 Å². The van der Waals surface area contributed by atoms with Gasteiger partial charge in [-0.25, -0.2) is 0 Å². The molecule has 1 N–H and O–H groups in total. The first kappa shape index (κ1) is 8.76. The Balaban J connectivity index is 2.63. The van der Waals surface area contributed by atoms with Crippen molar-refractivity contribution >= 4 is 0 Å². The minimum absolute atomic E-state index is 0.474. The molecule has 0 aromatic carbocycles. The Bertz CT molecular complexity index is 284. The van der Waals surface area contributed by atoms with Gasteiger partial charge < -0.3 is 5.11 Å². The van der Waals surface area contributed by atoms with Crippen molar-refractivity contribution in [2.75, 3.05) is 0 Å². The van der Waals surface area contributed by atoms with E-state index in [-0.39, 0.29) is 0 Å². The average Bonchev–Trinajstić information content (AvgIpc) is 2.15. The molecule has 2 nitrogen and oxygen atoms in total. The summed E-state index contributed by atoms with van der Waals surface area (Å²) in [5.74, 6) is 5.56. The molecular formula is C10H11NO. The molecule has 12 heavy (non-hydrogen) atoms. The van der Waals surface area contributed by atoms with Gasteiger partial charge in [0.2, 0.25) is 0 Å². The van der Waals surface area contributed by atoms with Crippen LogP contribution in [0.5, 0.6) is 0 Å². The van der Waals surface area contributed by atoms with Crippen LogP contribution < -0.4 is 0 Å². The Morgan fingerprint density at radius 3 is 3.08 bits per heavy atom. The van der Waals surface area contributed by atoms with E-state index in [9.17, 15) is 5.11 Å². The third-order valence-electron chi connectivity index (χ3n) is 1.54. The predicted molar refractivity (Wildman–Crippen MR) is 47.3 cm³/mol. The van der Waals surface area contributed by atoms with Crippen LogP contribution in [0, 0.1) is 11.8 Å². The van der Waals surface area contributed by atoms with E-state index in [1.165, 1.54) is 0 Å². The van der Waals surface area contributed by atoms with Crippen LogP contribution in [0.25, 0.3) is 0 Å². The number of aliphatic hydroxyl groups is 1. The second kappa shape index (κ2) is 4.53. The summed E-state index contributed by atoms with van der Waals surface area (Å²) in [6, 6.07) is 3.65. The third-order valence-corrected chi connectivity index (χ3v) is 1.54. The number of aromatic nitrogens is 1. The summed E-state index contributed by atoms with van der Waals surface area (Å²) in [5, 5.41) is 9.51. The lowest BCUT2D eigenvalue weighted by Gasteiger charge is -2.04. The van der Waals surface area contributed by atoms with Crippen LogP contribution in [-0.4, -0.2) is 10.1 Å². The van der Waals surface area contributed by atoms with Gasteiger partial charge >= 0.3 is 0 Å². The number of hydrogen-bond acceptors (Lipinski definition) is 2. The van der Waals surface area contributed by atoms with Crippen LogP contribution in [0.15, 0.2) is 24.5 Å². The summed E-state index contributed by atoms with van der Waals surface area (Å²) in [6.07, 6.45) is 3.30. The molecule has 1 atom stereocenters. The molecule has 0 radical (unpaired) electrons. The maximum Gasteiger partial charge on any atom is 0.0914 e. The van der Waals surface area contributed by atoms with Crippen LogP contribution in [0.3, 0.4) is 0 Å². The highest BCUT2D eigenvalue weighted by Crippen LogP contribution is 2.13. The largest absolute Gasteiger partial charge is 0.387 e.